The Morgan fingerprint density at radius 3 is 2.23 bits per heavy atom. The topological polar surface area (TPSA) is 92.4 Å². The molecule has 5 heteroatoms. The van der Waals surface area contributed by atoms with Gasteiger partial charge in [-0.25, -0.2) is 4.79 Å². The summed E-state index contributed by atoms with van der Waals surface area (Å²) in [5, 5.41) is 11.3. The highest BCUT2D eigenvalue weighted by atomic mass is 16.4. The molecule has 1 amide bonds. The first kappa shape index (κ1) is 18.2. The molecule has 0 heterocycles. The number of carboxylic acids is 1. The van der Waals surface area contributed by atoms with Crippen LogP contribution in [0.1, 0.15) is 44.6 Å². The molecule has 0 radical (unpaired) electrons. The molecule has 5 nitrogen and oxygen atoms in total. The number of amides is 1. The number of aliphatic carboxylic acids is 1. The van der Waals surface area contributed by atoms with Gasteiger partial charge in [0, 0.05) is 19.4 Å². The maximum Gasteiger partial charge on any atom is 0.326 e. The standard InChI is InChI=1S/C11H13NO3.C6H13N/c1-8(13)12-10(11(14)15)7-9-5-3-2-4-6-9;7-6-4-2-1-3-5-6/h2-6,10H,7H2,1H3,(H,12,13)(H,14,15);6H,1-5,7H2/t10-;/m0./s1. The molecule has 0 unspecified atom stereocenters. The van der Waals surface area contributed by atoms with Gasteiger partial charge in [-0.3, -0.25) is 4.79 Å². The lowest BCUT2D eigenvalue weighted by Gasteiger charge is -2.15. The van der Waals surface area contributed by atoms with Crippen LogP contribution in [-0.2, 0) is 16.0 Å². The first-order valence-corrected chi connectivity index (χ1v) is 7.78. The lowest BCUT2D eigenvalue weighted by Crippen LogP contribution is -2.41. The van der Waals surface area contributed by atoms with Gasteiger partial charge in [0.15, 0.2) is 0 Å². The fourth-order valence-corrected chi connectivity index (χ4v) is 2.43. The van der Waals surface area contributed by atoms with E-state index < -0.39 is 12.0 Å². The Labute approximate surface area is 131 Å². The molecule has 1 atom stereocenters. The van der Waals surface area contributed by atoms with Crippen LogP contribution in [0, 0.1) is 0 Å². The molecule has 1 aromatic carbocycles. The normalized spacial score (nSPS) is 16.1. The summed E-state index contributed by atoms with van der Waals surface area (Å²) >= 11 is 0. The van der Waals surface area contributed by atoms with Crippen molar-refractivity contribution in [3.63, 3.8) is 0 Å². The van der Waals surface area contributed by atoms with Crippen LogP contribution >= 0.6 is 0 Å². The van der Waals surface area contributed by atoms with E-state index in [0.29, 0.717) is 12.5 Å². The lowest BCUT2D eigenvalue weighted by molar-refractivity contribution is -0.141. The number of nitrogens with two attached hydrogens (primary N) is 1. The predicted molar refractivity (Wildman–Crippen MR) is 86.4 cm³/mol. The van der Waals surface area contributed by atoms with E-state index in [2.05, 4.69) is 5.32 Å². The molecule has 122 valence electrons. The Kier molecular flexibility index (Phi) is 8.22. The minimum absolute atomic E-state index is 0.301. The van der Waals surface area contributed by atoms with Gasteiger partial charge in [-0.1, -0.05) is 49.6 Å². The van der Waals surface area contributed by atoms with Crippen LogP contribution < -0.4 is 11.1 Å². The third kappa shape index (κ3) is 7.78. The fourth-order valence-electron chi connectivity index (χ4n) is 2.43. The van der Waals surface area contributed by atoms with Crippen molar-refractivity contribution in [1.29, 1.82) is 0 Å². The third-order valence-electron chi connectivity index (χ3n) is 3.61. The number of carbonyl (C=O) groups excluding carboxylic acids is 1. The molecule has 0 saturated heterocycles. The van der Waals surface area contributed by atoms with E-state index in [1.165, 1.54) is 39.0 Å². The van der Waals surface area contributed by atoms with E-state index in [9.17, 15) is 9.59 Å². The molecule has 22 heavy (non-hydrogen) atoms. The number of nitrogens with one attached hydrogen (secondary N) is 1. The predicted octanol–water partition coefficient (Wildman–Crippen LogP) is 2.10. The van der Waals surface area contributed by atoms with Crippen molar-refractivity contribution in [3.8, 4) is 0 Å². The van der Waals surface area contributed by atoms with E-state index in [4.69, 9.17) is 10.8 Å². The zero-order valence-corrected chi connectivity index (χ0v) is 13.1. The zero-order chi connectivity index (χ0) is 16.4. The maximum absolute atomic E-state index is 10.8. The molecule has 0 aliphatic heterocycles. The largest absolute Gasteiger partial charge is 0.480 e. The van der Waals surface area contributed by atoms with Gasteiger partial charge < -0.3 is 16.2 Å². The first-order valence-electron chi connectivity index (χ1n) is 7.78. The fraction of sp³-hybridized carbons (Fsp3) is 0.529. The Balaban J connectivity index is 0.000000287. The molecule has 1 saturated carbocycles. The number of rotatable bonds is 4. The van der Waals surface area contributed by atoms with Crippen molar-refractivity contribution in [1.82, 2.24) is 5.32 Å². The summed E-state index contributed by atoms with van der Waals surface area (Å²) in [5.41, 5.74) is 6.52. The maximum atomic E-state index is 10.8. The van der Waals surface area contributed by atoms with Gasteiger partial charge in [-0.15, -0.1) is 0 Å². The van der Waals surface area contributed by atoms with Crippen molar-refractivity contribution in [2.45, 2.75) is 57.5 Å². The van der Waals surface area contributed by atoms with Crippen molar-refractivity contribution in [3.05, 3.63) is 35.9 Å². The zero-order valence-electron chi connectivity index (χ0n) is 13.1. The minimum Gasteiger partial charge on any atom is -0.480 e. The smallest absolute Gasteiger partial charge is 0.326 e. The van der Waals surface area contributed by atoms with E-state index >= 15 is 0 Å². The lowest BCUT2D eigenvalue weighted by atomic mass is 9.97. The SMILES string of the molecule is CC(=O)N[C@@H](Cc1ccccc1)C(=O)O.NC1CCCCC1. The Morgan fingerprint density at radius 1 is 1.23 bits per heavy atom. The van der Waals surface area contributed by atoms with Gasteiger partial charge in [0.1, 0.15) is 6.04 Å². The van der Waals surface area contributed by atoms with E-state index in [1.807, 2.05) is 30.3 Å². The van der Waals surface area contributed by atoms with Crippen LogP contribution in [0.5, 0.6) is 0 Å². The summed E-state index contributed by atoms with van der Waals surface area (Å²) < 4.78 is 0. The van der Waals surface area contributed by atoms with Crippen molar-refractivity contribution < 1.29 is 14.7 Å². The highest BCUT2D eigenvalue weighted by molar-refractivity contribution is 5.82. The summed E-state index contributed by atoms with van der Waals surface area (Å²) in [6, 6.07) is 8.87. The second kappa shape index (κ2) is 9.95. The van der Waals surface area contributed by atoms with E-state index in [-0.39, 0.29) is 5.91 Å². The first-order chi connectivity index (χ1) is 10.5. The molecule has 0 aromatic heterocycles. The highest BCUT2D eigenvalue weighted by Gasteiger charge is 2.18. The van der Waals surface area contributed by atoms with Gasteiger partial charge in [-0.2, -0.15) is 0 Å². The monoisotopic (exact) mass is 306 g/mol. The Morgan fingerprint density at radius 2 is 1.82 bits per heavy atom. The van der Waals surface area contributed by atoms with Crippen molar-refractivity contribution in [2.24, 2.45) is 5.73 Å². The van der Waals surface area contributed by atoms with Gasteiger partial charge in [0.05, 0.1) is 0 Å². The molecule has 0 bridgehead atoms. The van der Waals surface area contributed by atoms with Crippen LogP contribution in [0.15, 0.2) is 30.3 Å². The van der Waals surface area contributed by atoms with Crippen LogP contribution in [-0.4, -0.2) is 29.1 Å². The van der Waals surface area contributed by atoms with Crippen LogP contribution in [0.2, 0.25) is 0 Å². The van der Waals surface area contributed by atoms with E-state index in [1.54, 1.807) is 0 Å². The average Bonchev–Trinajstić information content (AvgIpc) is 2.48. The van der Waals surface area contributed by atoms with Crippen molar-refractivity contribution >= 4 is 11.9 Å². The molecule has 1 fully saturated rings. The quantitative estimate of drug-likeness (QED) is 0.794. The molecule has 1 aliphatic rings. The summed E-state index contributed by atoms with van der Waals surface area (Å²) in [5.74, 6) is -1.35. The van der Waals surface area contributed by atoms with Crippen LogP contribution in [0.3, 0.4) is 0 Å². The number of carbonyl (C=O) groups is 2. The van der Waals surface area contributed by atoms with Gasteiger partial charge in [-0.05, 0) is 18.4 Å². The third-order valence-corrected chi connectivity index (χ3v) is 3.61. The number of hydrogen-bond acceptors (Lipinski definition) is 3. The molecular formula is C17H26N2O3. The highest BCUT2D eigenvalue weighted by Crippen LogP contribution is 2.14. The van der Waals surface area contributed by atoms with E-state index in [0.717, 1.165) is 5.56 Å². The number of benzene rings is 1. The van der Waals surface area contributed by atoms with Gasteiger partial charge in [0.25, 0.3) is 0 Å². The summed E-state index contributed by atoms with van der Waals surface area (Å²) in [7, 11) is 0. The summed E-state index contributed by atoms with van der Waals surface area (Å²) in [4.78, 5) is 21.6. The summed E-state index contributed by atoms with van der Waals surface area (Å²) in [6.07, 6.45) is 6.96. The van der Waals surface area contributed by atoms with Crippen LogP contribution in [0.4, 0.5) is 0 Å². The summed E-state index contributed by atoms with van der Waals surface area (Å²) in [6.45, 7) is 1.31. The average molecular weight is 306 g/mol. The van der Waals surface area contributed by atoms with Crippen molar-refractivity contribution in [2.75, 3.05) is 0 Å². The molecule has 0 spiro atoms. The Bertz CT molecular complexity index is 456. The molecular weight excluding hydrogens is 280 g/mol. The molecule has 1 aromatic rings. The molecule has 1 aliphatic carbocycles. The van der Waals surface area contributed by atoms with Gasteiger partial charge >= 0.3 is 5.97 Å². The van der Waals surface area contributed by atoms with Gasteiger partial charge in [0.2, 0.25) is 5.91 Å². The molecule has 2 rings (SSSR count). The van der Waals surface area contributed by atoms with Crippen LogP contribution in [0.25, 0.3) is 0 Å². The second-order valence-electron chi connectivity index (χ2n) is 5.68. The molecule has 4 N–H and O–H groups in total. The number of hydrogen-bond donors (Lipinski definition) is 3. The second-order valence-corrected chi connectivity index (χ2v) is 5.68. The number of carboxylic acid groups (broad SMARTS) is 1. The Hall–Kier alpha value is -1.88. The minimum atomic E-state index is -1.02.